The largest absolute Gasteiger partial charge is 0.475 e. The molecular weight excluding hydrogens is 1030 g/mol. The summed E-state index contributed by atoms with van der Waals surface area (Å²) in [5.74, 6) is 1.10. The molecule has 0 saturated carbocycles. The Kier molecular flexibility index (Phi) is 14.9. The van der Waals surface area contributed by atoms with E-state index in [2.05, 4.69) is 50.3 Å². The van der Waals surface area contributed by atoms with Crippen LogP contribution in [-0.4, -0.2) is 124 Å². The van der Waals surface area contributed by atoms with Crippen LogP contribution in [0, 0.1) is 0 Å². The number of amides is 2. The molecule has 12 rings (SSSR count). The predicted octanol–water partition coefficient (Wildman–Crippen LogP) is 9.08. The topological polar surface area (TPSA) is 210 Å². The fourth-order valence-corrected chi connectivity index (χ4v) is 9.62. The van der Waals surface area contributed by atoms with E-state index in [1.165, 1.54) is 24.4 Å². The van der Waals surface area contributed by atoms with Crippen molar-refractivity contribution in [2.45, 2.75) is 88.8 Å². The first kappa shape index (κ1) is 53.8. The van der Waals surface area contributed by atoms with Crippen molar-refractivity contribution < 1.29 is 59.6 Å². The summed E-state index contributed by atoms with van der Waals surface area (Å²) in [5, 5.41) is 6.22. The van der Waals surface area contributed by atoms with Crippen molar-refractivity contribution >= 4 is 40.4 Å². The number of nitrogens with one attached hydrogen (secondary N) is 2. The van der Waals surface area contributed by atoms with Gasteiger partial charge < -0.3 is 54.6 Å². The van der Waals surface area contributed by atoms with Gasteiger partial charge in [-0.1, -0.05) is 24.3 Å². The highest BCUT2D eigenvalue weighted by molar-refractivity contribution is 6.04. The molecule has 4 bridgehead atoms. The third-order valence-corrected chi connectivity index (χ3v) is 13.3. The van der Waals surface area contributed by atoms with Gasteiger partial charge in [0.15, 0.2) is 34.9 Å². The summed E-state index contributed by atoms with van der Waals surface area (Å²) >= 11 is 0. The number of hydrogen-bond acceptors (Lipinski definition) is 17. The van der Waals surface area contributed by atoms with Crippen LogP contribution in [-0.2, 0) is 31.3 Å². The molecule has 4 aromatic heterocycles. The van der Waals surface area contributed by atoms with Gasteiger partial charge in [0, 0.05) is 79.2 Å². The number of pyridine rings is 2. The number of fused-ring (bicyclic) bond motifs is 8. The van der Waals surface area contributed by atoms with Crippen LogP contribution in [0.3, 0.4) is 0 Å². The van der Waals surface area contributed by atoms with Crippen LogP contribution in [0.4, 0.5) is 65.5 Å². The summed E-state index contributed by atoms with van der Waals surface area (Å²) in [4.78, 5) is 45.2. The zero-order chi connectivity index (χ0) is 55.0. The second-order valence-electron chi connectivity index (χ2n) is 20.1. The van der Waals surface area contributed by atoms with Gasteiger partial charge in [-0.05, 0) is 76.9 Å². The van der Waals surface area contributed by atoms with Crippen molar-refractivity contribution in [1.82, 2.24) is 29.9 Å². The molecule has 4 N–H and O–H groups in total. The van der Waals surface area contributed by atoms with E-state index < -0.39 is 41.1 Å². The molecule has 2 aromatic carbocycles. The van der Waals surface area contributed by atoms with E-state index in [-0.39, 0.29) is 36.2 Å². The summed E-state index contributed by atoms with van der Waals surface area (Å²) < 4.78 is 112. The number of carbonyl (C=O) groups is 1. The minimum Gasteiger partial charge on any atom is -0.475 e. The Labute approximate surface area is 444 Å². The Hall–Kier alpha value is -7.61. The van der Waals surface area contributed by atoms with E-state index in [4.69, 9.17) is 34.2 Å². The Morgan fingerprint density at radius 2 is 1.28 bits per heavy atom. The number of hydrogen-bond donors (Lipinski definition) is 3. The number of rotatable bonds is 9. The molecule has 6 aromatic rings. The molecule has 0 unspecified atom stereocenters. The van der Waals surface area contributed by atoms with Crippen molar-refractivity contribution in [2.24, 2.45) is 0 Å². The zero-order valence-electron chi connectivity index (χ0n) is 42.8. The van der Waals surface area contributed by atoms with Gasteiger partial charge in [-0.2, -0.15) is 26.3 Å². The smallest absolute Gasteiger partial charge is 0.416 e. The predicted molar refractivity (Wildman–Crippen MR) is 275 cm³/mol. The minimum atomic E-state index is -4.50. The Morgan fingerprint density at radius 3 is 1.87 bits per heavy atom. The van der Waals surface area contributed by atoms with E-state index in [1.54, 1.807) is 53.8 Å². The average Bonchev–Trinajstić information content (AvgIpc) is 4.21. The monoisotopic (exact) mass is 1090 g/mol. The summed E-state index contributed by atoms with van der Waals surface area (Å²) in [6.07, 6.45) is -1.02. The van der Waals surface area contributed by atoms with Crippen LogP contribution in [0.2, 0.25) is 0 Å². The van der Waals surface area contributed by atoms with Gasteiger partial charge in [0.25, 0.3) is 0 Å². The lowest BCUT2D eigenvalue weighted by Gasteiger charge is -2.35. The molecule has 6 aliphatic rings. The SMILES string of the molecule is CC1(C)OC[C@@H](COc2cc(N)ccn2)O1.CC1(C)OC[C@@H](COc2cc(NC(=O)N3c4nc(-c5cccc(C(F)(F)F)c5)ncc4N4CC[C@H]3C4)ccn2)O1.FC(F)(F)c1cccc(-c2ncc3c(n2)N[C@H]2CCN3C2)c1. The lowest BCUT2D eigenvalue weighted by molar-refractivity contribution is -0.142. The van der Waals surface area contributed by atoms with E-state index in [1.807, 2.05) is 27.7 Å². The van der Waals surface area contributed by atoms with Crippen LogP contribution >= 0.6 is 0 Å². The fraction of sp³-hybridized carbons (Fsp3) is 0.415. The number of nitrogen functional groups attached to an aromatic ring is 1. The molecule has 78 heavy (non-hydrogen) atoms. The molecule has 0 aliphatic carbocycles. The van der Waals surface area contributed by atoms with Crippen molar-refractivity contribution in [1.29, 1.82) is 0 Å². The van der Waals surface area contributed by atoms with Gasteiger partial charge >= 0.3 is 18.4 Å². The molecule has 6 aliphatic heterocycles. The highest BCUT2D eigenvalue weighted by atomic mass is 19.4. The number of alkyl halides is 6. The van der Waals surface area contributed by atoms with Gasteiger partial charge in [0.1, 0.15) is 25.4 Å². The Morgan fingerprint density at radius 1 is 0.718 bits per heavy atom. The van der Waals surface area contributed by atoms with E-state index in [0.717, 1.165) is 49.5 Å². The number of ether oxygens (including phenoxy) is 6. The third-order valence-electron chi connectivity index (χ3n) is 13.3. The number of benzene rings is 2. The van der Waals surface area contributed by atoms with Crippen LogP contribution < -0.4 is 40.5 Å². The molecule has 2 amide bonds. The highest BCUT2D eigenvalue weighted by Crippen LogP contribution is 2.41. The maximum atomic E-state index is 13.6. The van der Waals surface area contributed by atoms with Gasteiger partial charge in [-0.15, -0.1) is 0 Å². The van der Waals surface area contributed by atoms with Gasteiger partial charge in [0.2, 0.25) is 11.8 Å². The first-order valence-electron chi connectivity index (χ1n) is 25.1. The second kappa shape index (κ2) is 21.7. The number of nitrogens with zero attached hydrogens (tertiary/aromatic N) is 9. The molecule has 10 heterocycles. The van der Waals surface area contributed by atoms with E-state index in [9.17, 15) is 31.1 Å². The number of nitrogens with two attached hydrogens (primary N) is 1. The van der Waals surface area contributed by atoms with E-state index in [0.29, 0.717) is 97.2 Å². The van der Waals surface area contributed by atoms with E-state index >= 15 is 0 Å². The Bertz CT molecular complexity index is 3130. The molecular formula is C53H56F6N12O7. The Balaban J connectivity index is 0.000000151. The number of carbonyl (C=O) groups excluding carboxylic acids is 1. The summed E-state index contributed by atoms with van der Waals surface area (Å²) in [6.45, 7) is 12.2. The maximum Gasteiger partial charge on any atom is 0.416 e. The standard InChI is InChI=1S/C27H27F3N6O4.C15H13F3N4.C11H16N2O3/c1-26(2)39-15-20(40-26)14-38-22-11-18(6-8-31-22)33-25(37)36-19-7-9-35(13-19)21-12-32-23(34-24(21)36)16-4-3-5-17(10-16)27(28,29)30;16-15(17,18)10-3-1-2-9(6-10)13-19-7-12-14(21-13)20-11-4-5-22(12)8-11;1-11(2)15-7-9(16-11)6-14-10-5-8(12)3-4-13-10/h3-6,8,10-12,19-20H,7,9,13-15H2,1-2H3,(H,31,33,37);1-3,6-7,11H,4-5,8H2,(H,19,20,21);3-5,9H,6-7H2,1-2H3,(H2,12,13)/t19-,20+;11-;9-/m001/s1. The number of urea groups is 1. The lowest BCUT2D eigenvalue weighted by Crippen LogP contribution is -2.48. The summed E-state index contributed by atoms with van der Waals surface area (Å²) in [5.41, 5.74) is 7.37. The van der Waals surface area contributed by atoms with Crippen LogP contribution in [0.1, 0.15) is 51.7 Å². The van der Waals surface area contributed by atoms with Crippen molar-refractivity contribution in [3.63, 3.8) is 0 Å². The van der Waals surface area contributed by atoms with Crippen molar-refractivity contribution in [3.05, 3.63) is 109 Å². The first-order chi connectivity index (χ1) is 37.1. The quantitative estimate of drug-likeness (QED) is 0.115. The minimum absolute atomic E-state index is 0.0572. The van der Waals surface area contributed by atoms with Crippen LogP contribution in [0.25, 0.3) is 22.8 Å². The molecule has 0 spiro atoms. The fourth-order valence-electron chi connectivity index (χ4n) is 9.62. The van der Waals surface area contributed by atoms with Crippen LogP contribution in [0.15, 0.2) is 97.6 Å². The van der Waals surface area contributed by atoms with Gasteiger partial charge in [0.05, 0.1) is 54.2 Å². The number of halogens is 6. The zero-order valence-corrected chi connectivity index (χ0v) is 42.8. The molecule has 4 fully saturated rings. The number of anilines is 6. The maximum absolute atomic E-state index is 13.6. The van der Waals surface area contributed by atoms with Crippen LogP contribution in [0.5, 0.6) is 11.8 Å². The first-order valence-corrected chi connectivity index (χ1v) is 25.1. The lowest BCUT2D eigenvalue weighted by atomic mass is 10.1. The normalized spacial score (nSPS) is 21.3. The van der Waals surface area contributed by atoms with Crippen molar-refractivity contribution in [3.8, 4) is 34.5 Å². The number of aromatic nitrogens is 6. The van der Waals surface area contributed by atoms with Crippen molar-refractivity contribution in [2.75, 3.05) is 83.7 Å². The molecule has 19 nitrogen and oxygen atoms in total. The molecule has 4 saturated heterocycles. The third kappa shape index (κ3) is 12.7. The molecule has 412 valence electrons. The molecule has 4 atom stereocenters. The molecule has 25 heteroatoms. The molecule has 0 radical (unpaired) electrons. The van der Waals surface area contributed by atoms with Gasteiger partial charge in [-0.25, -0.2) is 34.7 Å². The average molecular weight is 1090 g/mol. The van der Waals surface area contributed by atoms with Gasteiger partial charge in [-0.3, -0.25) is 4.90 Å². The highest BCUT2D eigenvalue weighted by Gasteiger charge is 2.42. The summed E-state index contributed by atoms with van der Waals surface area (Å²) in [7, 11) is 0. The second-order valence-corrected chi connectivity index (χ2v) is 20.1. The summed E-state index contributed by atoms with van der Waals surface area (Å²) in [6, 6.07) is 16.4.